The Balaban J connectivity index is 2.65. The number of aliphatic imine (C=N–C) groups is 1. The van der Waals surface area contributed by atoms with Crippen LogP contribution in [-0.2, 0) is 0 Å². The van der Waals surface area contributed by atoms with Gasteiger partial charge >= 0.3 is 0 Å². The second-order valence-electron chi connectivity index (χ2n) is 3.89. The molecule has 0 saturated heterocycles. The fraction of sp³-hybridized carbons (Fsp3) is 0.364. The summed E-state index contributed by atoms with van der Waals surface area (Å²) in [6.07, 6.45) is 3.83. The Morgan fingerprint density at radius 1 is 1.50 bits per heavy atom. The number of aryl methyl sites for hydroxylation is 1. The van der Waals surface area contributed by atoms with E-state index in [1.807, 2.05) is 0 Å². The highest BCUT2D eigenvalue weighted by atomic mass is 15.1. The summed E-state index contributed by atoms with van der Waals surface area (Å²) in [6.45, 7) is 10.4. The van der Waals surface area contributed by atoms with Gasteiger partial charge in [-0.2, -0.15) is 0 Å². The first-order chi connectivity index (χ1) is 6.61. The van der Waals surface area contributed by atoms with Crippen molar-refractivity contribution in [3.05, 3.63) is 23.9 Å². The van der Waals surface area contributed by atoms with E-state index in [-0.39, 0.29) is 0 Å². The maximum Gasteiger partial charge on any atom is 0.144 e. The molecule has 0 aromatic carbocycles. The first-order valence-corrected chi connectivity index (χ1v) is 4.81. The molecule has 2 heterocycles. The van der Waals surface area contributed by atoms with Crippen molar-refractivity contribution in [2.24, 2.45) is 4.99 Å². The molecule has 74 valence electrons. The zero-order valence-corrected chi connectivity index (χ0v) is 8.83. The third kappa shape index (κ3) is 1.16. The molecule has 0 bridgehead atoms. The SMILES string of the molecule is C=C1NC=Nc2c1c(C)cn2C(C)C. The molecule has 0 aliphatic carbocycles. The van der Waals surface area contributed by atoms with E-state index in [1.165, 1.54) is 5.56 Å². The van der Waals surface area contributed by atoms with Crippen molar-refractivity contribution >= 4 is 17.9 Å². The summed E-state index contributed by atoms with van der Waals surface area (Å²) < 4.78 is 2.17. The van der Waals surface area contributed by atoms with Gasteiger partial charge < -0.3 is 9.88 Å². The van der Waals surface area contributed by atoms with E-state index in [9.17, 15) is 0 Å². The lowest BCUT2D eigenvalue weighted by Crippen LogP contribution is -2.13. The van der Waals surface area contributed by atoms with Crippen molar-refractivity contribution in [2.45, 2.75) is 26.8 Å². The fourth-order valence-electron chi connectivity index (χ4n) is 1.78. The molecule has 14 heavy (non-hydrogen) atoms. The molecule has 1 aliphatic heterocycles. The minimum absolute atomic E-state index is 0.431. The molecule has 0 unspecified atom stereocenters. The van der Waals surface area contributed by atoms with Crippen LogP contribution in [0.25, 0.3) is 5.70 Å². The third-order valence-electron chi connectivity index (χ3n) is 2.48. The van der Waals surface area contributed by atoms with Crippen LogP contribution in [0.4, 0.5) is 5.82 Å². The van der Waals surface area contributed by atoms with Gasteiger partial charge in [-0.1, -0.05) is 6.58 Å². The Hall–Kier alpha value is -1.51. The first-order valence-electron chi connectivity index (χ1n) is 4.81. The van der Waals surface area contributed by atoms with E-state index in [1.54, 1.807) is 6.34 Å². The number of hydrogen-bond donors (Lipinski definition) is 1. The molecule has 1 aromatic rings. The first kappa shape index (κ1) is 9.06. The Kier molecular flexibility index (Phi) is 1.95. The van der Waals surface area contributed by atoms with Gasteiger partial charge in [-0.25, -0.2) is 4.99 Å². The highest BCUT2D eigenvalue weighted by Crippen LogP contribution is 2.33. The molecule has 1 aliphatic rings. The molecule has 0 amide bonds. The minimum Gasteiger partial charge on any atom is -0.346 e. The Labute approximate surface area is 84.2 Å². The monoisotopic (exact) mass is 189 g/mol. The zero-order valence-electron chi connectivity index (χ0n) is 8.83. The molecule has 3 nitrogen and oxygen atoms in total. The summed E-state index contributed by atoms with van der Waals surface area (Å²) >= 11 is 0. The quantitative estimate of drug-likeness (QED) is 0.723. The van der Waals surface area contributed by atoms with Crippen molar-refractivity contribution in [2.75, 3.05) is 0 Å². The number of fused-ring (bicyclic) bond motifs is 1. The van der Waals surface area contributed by atoms with E-state index < -0.39 is 0 Å². The van der Waals surface area contributed by atoms with Gasteiger partial charge in [0.05, 0.1) is 6.34 Å². The van der Waals surface area contributed by atoms with Gasteiger partial charge in [0.25, 0.3) is 0 Å². The van der Waals surface area contributed by atoms with E-state index in [0.717, 1.165) is 17.1 Å². The summed E-state index contributed by atoms with van der Waals surface area (Å²) in [7, 11) is 0. The van der Waals surface area contributed by atoms with E-state index in [2.05, 4.69) is 48.4 Å². The van der Waals surface area contributed by atoms with Gasteiger partial charge in [-0.05, 0) is 26.3 Å². The van der Waals surface area contributed by atoms with Crippen molar-refractivity contribution < 1.29 is 0 Å². The Morgan fingerprint density at radius 2 is 2.21 bits per heavy atom. The van der Waals surface area contributed by atoms with Crippen molar-refractivity contribution in [1.29, 1.82) is 0 Å². The summed E-state index contributed by atoms with van der Waals surface area (Å²) in [6, 6.07) is 0.431. The van der Waals surface area contributed by atoms with Gasteiger partial charge in [0.1, 0.15) is 5.82 Å². The van der Waals surface area contributed by atoms with Crippen LogP contribution >= 0.6 is 0 Å². The smallest absolute Gasteiger partial charge is 0.144 e. The molecule has 0 fully saturated rings. The van der Waals surface area contributed by atoms with Gasteiger partial charge in [0.2, 0.25) is 0 Å². The molecule has 2 rings (SSSR count). The second kappa shape index (κ2) is 3.01. The maximum atomic E-state index is 4.35. The van der Waals surface area contributed by atoms with Crippen LogP contribution in [0.15, 0.2) is 17.8 Å². The number of rotatable bonds is 1. The van der Waals surface area contributed by atoms with E-state index in [4.69, 9.17) is 0 Å². The second-order valence-corrected chi connectivity index (χ2v) is 3.89. The van der Waals surface area contributed by atoms with Gasteiger partial charge in [0, 0.05) is 23.5 Å². The molecular weight excluding hydrogens is 174 g/mol. The minimum atomic E-state index is 0.431. The lowest BCUT2D eigenvalue weighted by atomic mass is 10.1. The standard InChI is InChI=1S/C11H15N3/c1-7(2)14-5-8(3)10-9(4)12-6-13-11(10)14/h5-7H,4H2,1-3H3,(H,12,13). The average Bonchev–Trinajstić information content (AvgIpc) is 2.45. The highest BCUT2D eigenvalue weighted by Gasteiger charge is 2.18. The molecule has 0 atom stereocenters. The van der Waals surface area contributed by atoms with Crippen molar-refractivity contribution in [3.63, 3.8) is 0 Å². The van der Waals surface area contributed by atoms with Gasteiger partial charge in [-0.15, -0.1) is 0 Å². The zero-order chi connectivity index (χ0) is 10.3. The van der Waals surface area contributed by atoms with Crippen LogP contribution in [0.2, 0.25) is 0 Å². The molecule has 0 saturated carbocycles. The van der Waals surface area contributed by atoms with E-state index in [0.29, 0.717) is 6.04 Å². The topological polar surface area (TPSA) is 29.3 Å². The van der Waals surface area contributed by atoms with Crippen LogP contribution in [-0.4, -0.2) is 10.9 Å². The van der Waals surface area contributed by atoms with E-state index >= 15 is 0 Å². The molecule has 1 aromatic heterocycles. The maximum absolute atomic E-state index is 4.35. The van der Waals surface area contributed by atoms with Gasteiger partial charge in [0.15, 0.2) is 0 Å². The molecule has 0 spiro atoms. The summed E-state index contributed by atoms with van der Waals surface area (Å²) in [4.78, 5) is 4.35. The Bertz CT molecular complexity index is 410. The predicted molar refractivity (Wildman–Crippen MR) is 59.9 cm³/mol. The lowest BCUT2D eigenvalue weighted by molar-refractivity contribution is 0.606. The third-order valence-corrected chi connectivity index (χ3v) is 2.48. The summed E-state index contributed by atoms with van der Waals surface area (Å²) in [5.41, 5.74) is 3.30. The molecular formula is C11H15N3. The normalized spacial score (nSPS) is 14.4. The van der Waals surface area contributed by atoms with Crippen LogP contribution in [0.5, 0.6) is 0 Å². The molecule has 0 radical (unpaired) electrons. The summed E-state index contributed by atoms with van der Waals surface area (Å²) in [5, 5.41) is 3.03. The molecule has 3 heteroatoms. The number of nitrogens with one attached hydrogen (secondary N) is 1. The number of nitrogens with zero attached hydrogens (tertiary/aromatic N) is 2. The predicted octanol–water partition coefficient (Wildman–Crippen LogP) is 2.61. The largest absolute Gasteiger partial charge is 0.346 e. The average molecular weight is 189 g/mol. The van der Waals surface area contributed by atoms with Crippen molar-refractivity contribution in [1.82, 2.24) is 9.88 Å². The summed E-state index contributed by atoms with van der Waals surface area (Å²) in [5.74, 6) is 1.02. The number of hydrogen-bond acceptors (Lipinski definition) is 2. The Morgan fingerprint density at radius 3 is 2.86 bits per heavy atom. The van der Waals surface area contributed by atoms with Crippen LogP contribution in [0, 0.1) is 6.92 Å². The van der Waals surface area contributed by atoms with Crippen LogP contribution in [0.1, 0.15) is 31.0 Å². The van der Waals surface area contributed by atoms with Crippen LogP contribution < -0.4 is 5.32 Å². The fourth-order valence-corrected chi connectivity index (χ4v) is 1.78. The van der Waals surface area contributed by atoms with Crippen molar-refractivity contribution in [3.8, 4) is 0 Å². The lowest BCUT2D eigenvalue weighted by Gasteiger charge is -2.15. The number of aromatic nitrogens is 1. The molecule has 1 N–H and O–H groups in total. The van der Waals surface area contributed by atoms with Crippen LogP contribution in [0.3, 0.4) is 0 Å². The van der Waals surface area contributed by atoms with Gasteiger partial charge in [-0.3, -0.25) is 0 Å². The highest BCUT2D eigenvalue weighted by molar-refractivity contribution is 5.86.